The molecule has 1 aromatic rings. The molecule has 0 heterocycles. The highest BCUT2D eigenvalue weighted by Gasteiger charge is 2.39. The van der Waals surface area contributed by atoms with Crippen molar-refractivity contribution >= 4 is 11.9 Å². The molecule has 4 nitrogen and oxygen atoms in total. The van der Waals surface area contributed by atoms with Crippen LogP contribution < -0.4 is 0 Å². The molecule has 0 atom stereocenters. The Balaban J connectivity index is 4.28. The number of methoxy groups -OCH3 is 1. The highest BCUT2D eigenvalue weighted by molar-refractivity contribution is 5.99. The SMILES string of the molecule is COC(=O)c1cc(C(C)(C)C)c(C(=O)OC(C)(C)C)c(C(C)(C)C)c1C(C)(C)C. The molecule has 0 fully saturated rings. The standard InChI is InChI=1S/C25H40O4/c1-22(2,3)16-14-15(20(26)28-13)18(23(4,5)6)19(24(7,8)9)17(16)21(27)29-25(10,11)12/h14H,1-13H3. The van der Waals surface area contributed by atoms with Crippen LogP contribution in [0.25, 0.3) is 0 Å². The number of carbonyl (C=O) groups excluding carboxylic acids is 2. The van der Waals surface area contributed by atoms with E-state index in [9.17, 15) is 9.59 Å². The quantitative estimate of drug-likeness (QED) is 0.541. The highest BCUT2D eigenvalue weighted by atomic mass is 16.6. The van der Waals surface area contributed by atoms with Crippen LogP contribution >= 0.6 is 0 Å². The fraction of sp³-hybridized carbons (Fsp3) is 0.680. The van der Waals surface area contributed by atoms with Crippen molar-refractivity contribution in [3.8, 4) is 0 Å². The van der Waals surface area contributed by atoms with Crippen molar-refractivity contribution in [3.05, 3.63) is 33.9 Å². The second kappa shape index (κ2) is 7.77. The van der Waals surface area contributed by atoms with Gasteiger partial charge in [-0.2, -0.15) is 0 Å². The van der Waals surface area contributed by atoms with Crippen molar-refractivity contribution in [3.63, 3.8) is 0 Å². The Morgan fingerprint density at radius 3 is 1.45 bits per heavy atom. The summed E-state index contributed by atoms with van der Waals surface area (Å²) in [5, 5.41) is 0. The van der Waals surface area contributed by atoms with Crippen LogP contribution in [0.4, 0.5) is 0 Å². The van der Waals surface area contributed by atoms with Gasteiger partial charge in [0.1, 0.15) is 5.60 Å². The minimum absolute atomic E-state index is 0.353. The van der Waals surface area contributed by atoms with E-state index in [1.54, 1.807) is 0 Å². The number of esters is 2. The van der Waals surface area contributed by atoms with Gasteiger partial charge in [0, 0.05) is 0 Å². The van der Waals surface area contributed by atoms with E-state index in [1.807, 2.05) is 47.6 Å². The normalized spacial score (nSPS) is 13.3. The Hall–Kier alpha value is -1.84. The Morgan fingerprint density at radius 2 is 1.14 bits per heavy atom. The van der Waals surface area contributed by atoms with E-state index in [0.29, 0.717) is 11.1 Å². The molecule has 29 heavy (non-hydrogen) atoms. The molecule has 0 aliphatic rings. The van der Waals surface area contributed by atoms with Gasteiger partial charge in [0.2, 0.25) is 0 Å². The number of ether oxygens (including phenoxy) is 2. The van der Waals surface area contributed by atoms with Gasteiger partial charge >= 0.3 is 11.9 Å². The molecule has 0 saturated carbocycles. The first-order valence-electron chi connectivity index (χ1n) is 10.3. The van der Waals surface area contributed by atoms with Crippen molar-refractivity contribution in [1.29, 1.82) is 0 Å². The van der Waals surface area contributed by atoms with Gasteiger partial charge in [-0.25, -0.2) is 9.59 Å². The van der Waals surface area contributed by atoms with E-state index in [2.05, 4.69) is 41.5 Å². The van der Waals surface area contributed by atoms with E-state index in [4.69, 9.17) is 9.47 Å². The first-order valence-corrected chi connectivity index (χ1v) is 10.3. The minimum atomic E-state index is -0.621. The first kappa shape index (κ1) is 25.2. The number of carbonyl (C=O) groups is 2. The smallest absolute Gasteiger partial charge is 0.339 e. The maximum absolute atomic E-state index is 13.5. The molecule has 0 aliphatic carbocycles. The molecule has 4 heteroatoms. The summed E-state index contributed by atoms with van der Waals surface area (Å²) in [5.74, 6) is -0.740. The van der Waals surface area contributed by atoms with Gasteiger partial charge in [0.05, 0.1) is 18.2 Å². The fourth-order valence-electron chi connectivity index (χ4n) is 3.62. The highest BCUT2D eigenvalue weighted by Crippen LogP contribution is 2.43. The summed E-state index contributed by atoms with van der Waals surface area (Å²) in [4.78, 5) is 26.3. The zero-order valence-corrected chi connectivity index (χ0v) is 20.7. The molecule has 164 valence electrons. The molecule has 1 rings (SSSR count). The average Bonchev–Trinajstić information content (AvgIpc) is 2.47. The third-order valence-electron chi connectivity index (χ3n) is 4.64. The van der Waals surface area contributed by atoms with Crippen LogP contribution in [0.1, 0.15) is 120 Å². The maximum Gasteiger partial charge on any atom is 0.339 e. The van der Waals surface area contributed by atoms with Gasteiger partial charge in [-0.3, -0.25) is 0 Å². The predicted molar refractivity (Wildman–Crippen MR) is 119 cm³/mol. The van der Waals surface area contributed by atoms with E-state index in [0.717, 1.165) is 16.7 Å². The minimum Gasteiger partial charge on any atom is -0.465 e. The second-order valence-corrected chi connectivity index (χ2v) is 11.8. The second-order valence-electron chi connectivity index (χ2n) is 11.8. The zero-order chi connectivity index (χ0) is 23.2. The van der Waals surface area contributed by atoms with Crippen molar-refractivity contribution in [2.45, 2.75) is 105 Å². The molecule has 0 bridgehead atoms. The van der Waals surface area contributed by atoms with Crippen molar-refractivity contribution < 1.29 is 19.1 Å². The Morgan fingerprint density at radius 1 is 0.690 bits per heavy atom. The van der Waals surface area contributed by atoms with E-state index < -0.39 is 5.60 Å². The predicted octanol–water partition coefficient (Wildman–Crippen LogP) is 6.32. The Bertz CT molecular complexity index is 789. The van der Waals surface area contributed by atoms with Gasteiger partial charge in [-0.05, 0) is 59.8 Å². The Labute approximate surface area is 177 Å². The van der Waals surface area contributed by atoms with E-state index in [1.165, 1.54) is 7.11 Å². The van der Waals surface area contributed by atoms with Crippen LogP contribution in [-0.4, -0.2) is 24.6 Å². The lowest BCUT2D eigenvalue weighted by Gasteiger charge is -2.37. The molecule has 0 aliphatic heterocycles. The van der Waals surface area contributed by atoms with Crippen molar-refractivity contribution in [1.82, 2.24) is 0 Å². The summed E-state index contributed by atoms with van der Waals surface area (Å²) in [6.45, 7) is 24.1. The first-order chi connectivity index (χ1) is 12.7. The number of hydrogen-bond donors (Lipinski definition) is 0. The zero-order valence-electron chi connectivity index (χ0n) is 20.7. The summed E-state index contributed by atoms with van der Waals surface area (Å²) in [6.07, 6.45) is 0. The maximum atomic E-state index is 13.5. The lowest BCUT2D eigenvalue weighted by atomic mass is 9.67. The molecule has 0 amide bonds. The van der Waals surface area contributed by atoms with Gasteiger partial charge in [-0.15, -0.1) is 0 Å². The summed E-state index contributed by atoms with van der Waals surface area (Å²) in [7, 11) is 1.39. The topological polar surface area (TPSA) is 52.6 Å². The van der Waals surface area contributed by atoms with Gasteiger partial charge in [-0.1, -0.05) is 62.3 Å². The van der Waals surface area contributed by atoms with Crippen molar-refractivity contribution in [2.75, 3.05) is 7.11 Å². The molecule has 0 aromatic heterocycles. The summed E-state index contributed by atoms with van der Waals surface area (Å²) >= 11 is 0. The van der Waals surface area contributed by atoms with Crippen LogP contribution in [-0.2, 0) is 25.7 Å². The summed E-state index contributed by atoms with van der Waals surface area (Å²) < 4.78 is 11.0. The van der Waals surface area contributed by atoms with Gasteiger partial charge in [0.15, 0.2) is 0 Å². The van der Waals surface area contributed by atoms with Crippen LogP contribution in [0, 0.1) is 0 Å². The lowest BCUT2D eigenvalue weighted by Crippen LogP contribution is -2.34. The molecule has 0 N–H and O–H groups in total. The van der Waals surface area contributed by atoms with Crippen LogP contribution in [0.3, 0.4) is 0 Å². The molecule has 0 unspecified atom stereocenters. The molecule has 0 radical (unpaired) electrons. The average molecular weight is 405 g/mol. The number of hydrogen-bond acceptors (Lipinski definition) is 4. The Kier molecular flexibility index (Phi) is 6.75. The van der Waals surface area contributed by atoms with Gasteiger partial charge < -0.3 is 9.47 Å². The molecular formula is C25H40O4. The van der Waals surface area contributed by atoms with Crippen molar-refractivity contribution in [2.24, 2.45) is 0 Å². The third-order valence-corrected chi connectivity index (χ3v) is 4.64. The summed E-state index contributed by atoms with van der Waals surface area (Å²) in [6, 6.07) is 1.83. The number of benzene rings is 1. The molecular weight excluding hydrogens is 364 g/mol. The number of rotatable bonds is 2. The molecule has 1 aromatic carbocycles. The van der Waals surface area contributed by atoms with E-state index >= 15 is 0 Å². The molecule has 0 spiro atoms. The van der Waals surface area contributed by atoms with Gasteiger partial charge in [0.25, 0.3) is 0 Å². The third kappa shape index (κ3) is 5.83. The lowest BCUT2D eigenvalue weighted by molar-refractivity contribution is 0.00634. The monoisotopic (exact) mass is 404 g/mol. The van der Waals surface area contributed by atoms with Crippen LogP contribution in [0.2, 0.25) is 0 Å². The largest absolute Gasteiger partial charge is 0.465 e. The fourth-order valence-corrected chi connectivity index (χ4v) is 3.62. The molecule has 0 saturated heterocycles. The summed E-state index contributed by atoms with van der Waals surface area (Å²) in [5.41, 5.74) is 1.82. The van der Waals surface area contributed by atoms with Crippen LogP contribution in [0.5, 0.6) is 0 Å². The van der Waals surface area contributed by atoms with Crippen LogP contribution in [0.15, 0.2) is 6.07 Å². The van der Waals surface area contributed by atoms with E-state index in [-0.39, 0.29) is 28.2 Å².